The number of carbonyl (C=O) groups excluding carboxylic acids is 1. The van der Waals surface area contributed by atoms with Crippen LogP contribution in [0.1, 0.15) is 38.5 Å². The maximum atomic E-state index is 12.6. The molecule has 0 unspecified atom stereocenters. The summed E-state index contributed by atoms with van der Waals surface area (Å²) in [4.78, 5) is 21.6. The molecule has 2 atom stereocenters. The minimum absolute atomic E-state index is 0.413. The van der Waals surface area contributed by atoms with Gasteiger partial charge in [0.05, 0.1) is 0 Å². The molecule has 4 heteroatoms. The summed E-state index contributed by atoms with van der Waals surface area (Å²) in [6, 6.07) is 6.11. The molecule has 1 amide bonds. The summed E-state index contributed by atoms with van der Waals surface area (Å²) in [6.45, 7) is 4.02. The van der Waals surface area contributed by atoms with Crippen LogP contribution in [0.4, 0.5) is 5.82 Å². The lowest BCUT2D eigenvalue weighted by Crippen LogP contribution is -2.34. The molecule has 4 nitrogen and oxygen atoms in total. The average Bonchev–Trinajstić information content (AvgIpc) is 3.15. The van der Waals surface area contributed by atoms with Crippen molar-refractivity contribution >= 4 is 11.7 Å². The summed E-state index contributed by atoms with van der Waals surface area (Å²) in [5, 5.41) is 0. The molecular formula is C19H27N3O. The van der Waals surface area contributed by atoms with Crippen LogP contribution in [-0.2, 0) is 4.79 Å². The quantitative estimate of drug-likeness (QED) is 0.861. The number of aromatic nitrogens is 1. The van der Waals surface area contributed by atoms with E-state index in [1.807, 2.05) is 12.3 Å². The zero-order chi connectivity index (χ0) is 15.6. The van der Waals surface area contributed by atoms with Crippen LogP contribution in [0.15, 0.2) is 24.4 Å². The van der Waals surface area contributed by atoms with Crippen LogP contribution in [0.3, 0.4) is 0 Å². The van der Waals surface area contributed by atoms with Crippen molar-refractivity contribution in [2.45, 2.75) is 38.5 Å². The fourth-order valence-corrected chi connectivity index (χ4v) is 4.69. The van der Waals surface area contributed by atoms with Gasteiger partial charge >= 0.3 is 0 Å². The number of hydrogen-bond donors (Lipinski definition) is 0. The molecule has 0 aromatic carbocycles. The molecule has 1 aliphatic carbocycles. The number of anilines is 1. The number of likely N-dealkylation sites (tertiary alicyclic amines) is 1. The van der Waals surface area contributed by atoms with Gasteiger partial charge in [-0.1, -0.05) is 25.3 Å². The molecule has 124 valence electrons. The first-order valence-corrected chi connectivity index (χ1v) is 9.23. The predicted molar refractivity (Wildman–Crippen MR) is 91.2 cm³/mol. The number of amides is 1. The first-order valence-electron chi connectivity index (χ1n) is 9.23. The Balaban J connectivity index is 1.30. The molecule has 0 radical (unpaired) electrons. The molecular weight excluding hydrogens is 286 g/mol. The number of hydrogen-bond acceptors (Lipinski definition) is 3. The van der Waals surface area contributed by atoms with Gasteiger partial charge in [0, 0.05) is 50.6 Å². The van der Waals surface area contributed by atoms with Crippen molar-refractivity contribution in [1.29, 1.82) is 0 Å². The van der Waals surface area contributed by atoms with E-state index in [2.05, 4.69) is 26.9 Å². The van der Waals surface area contributed by atoms with Crippen molar-refractivity contribution in [1.82, 2.24) is 9.88 Å². The standard InChI is InChI=1S/C19H27N3O/c23-19(10-15-6-2-1-3-7-15)22-13-16-11-21(12-17(16)14-22)18-8-4-5-9-20-18/h4-5,8-9,15-17H,1-3,6-7,10-14H2/t16-,17+. The highest BCUT2D eigenvalue weighted by atomic mass is 16.2. The molecule has 0 spiro atoms. The topological polar surface area (TPSA) is 36.4 Å². The number of fused-ring (bicyclic) bond motifs is 1. The van der Waals surface area contributed by atoms with E-state index >= 15 is 0 Å². The van der Waals surface area contributed by atoms with Gasteiger partial charge in [0.2, 0.25) is 5.91 Å². The van der Waals surface area contributed by atoms with Crippen LogP contribution in [-0.4, -0.2) is 42.0 Å². The predicted octanol–water partition coefficient (Wildman–Crippen LogP) is 2.95. The van der Waals surface area contributed by atoms with Gasteiger partial charge < -0.3 is 9.80 Å². The number of nitrogens with zero attached hydrogens (tertiary/aromatic N) is 3. The summed E-state index contributed by atoms with van der Waals surface area (Å²) in [5.41, 5.74) is 0. The van der Waals surface area contributed by atoms with E-state index in [9.17, 15) is 4.79 Å². The third-order valence-electron chi connectivity index (χ3n) is 6.00. The molecule has 23 heavy (non-hydrogen) atoms. The van der Waals surface area contributed by atoms with Gasteiger partial charge in [-0.25, -0.2) is 4.98 Å². The highest BCUT2D eigenvalue weighted by Gasteiger charge is 2.42. The van der Waals surface area contributed by atoms with Gasteiger partial charge in [-0.2, -0.15) is 0 Å². The highest BCUT2D eigenvalue weighted by molar-refractivity contribution is 5.77. The Labute approximate surface area is 138 Å². The molecule has 1 aromatic rings. The summed E-state index contributed by atoms with van der Waals surface area (Å²) in [7, 11) is 0. The van der Waals surface area contributed by atoms with Crippen molar-refractivity contribution in [2.75, 3.05) is 31.1 Å². The molecule has 3 fully saturated rings. The normalized spacial score (nSPS) is 28.2. The molecule has 3 heterocycles. The molecule has 2 saturated heterocycles. The lowest BCUT2D eigenvalue weighted by Gasteiger charge is -2.26. The number of rotatable bonds is 3. The molecule has 1 aromatic heterocycles. The van der Waals surface area contributed by atoms with Gasteiger partial charge in [0.15, 0.2) is 0 Å². The number of pyridine rings is 1. The lowest BCUT2D eigenvalue weighted by molar-refractivity contribution is -0.131. The van der Waals surface area contributed by atoms with E-state index in [0.29, 0.717) is 23.7 Å². The van der Waals surface area contributed by atoms with Crippen LogP contribution >= 0.6 is 0 Å². The Kier molecular flexibility index (Phi) is 4.23. The van der Waals surface area contributed by atoms with Crippen LogP contribution < -0.4 is 4.90 Å². The molecule has 2 aliphatic heterocycles. The average molecular weight is 313 g/mol. The number of carbonyl (C=O) groups is 1. The maximum absolute atomic E-state index is 12.6. The van der Waals surface area contributed by atoms with Gasteiger partial charge in [-0.05, 0) is 30.9 Å². The van der Waals surface area contributed by atoms with Crippen LogP contribution in [0.25, 0.3) is 0 Å². The van der Waals surface area contributed by atoms with Crippen molar-refractivity contribution in [2.24, 2.45) is 17.8 Å². The van der Waals surface area contributed by atoms with E-state index in [-0.39, 0.29) is 0 Å². The largest absolute Gasteiger partial charge is 0.356 e. The zero-order valence-electron chi connectivity index (χ0n) is 13.9. The van der Waals surface area contributed by atoms with E-state index in [1.54, 1.807) is 0 Å². The molecule has 3 aliphatic rings. The third-order valence-corrected chi connectivity index (χ3v) is 6.00. The summed E-state index contributed by atoms with van der Waals surface area (Å²) >= 11 is 0. The van der Waals surface area contributed by atoms with Crippen LogP contribution in [0.2, 0.25) is 0 Å². The molecule has 1 saturated carbocycles. The highest BCUT2D eigenvalue weighted by Crippen LogP contribution is 2.34. The van der Waals surface area contributed by atoms with Crippen LogP contribution in [0.5, 0.6) is 0 Å². The van der Waals surface area contributed by atoms with Crippen molar-refractivity contribution in [3.05, 3.63) is 24.4 Å². The van der Waals surface area contributed by atoms with Gasteiger partial charge in [0.25, 0.3) is 0 Å². The van der Waals surface area contributed by atoms with Crippen molar-refractivity contribution in [3.63, 3.8) is 0 Å². The Morgan fingerprint density at radius 2 is 1.78 bits per heavy atom. The molecule has 0 bridgehead atoms. The Morgan fingerprint density at radius 3 is 2.43 bits per heavy atom. The van der Waals surface area contributed by atoms with E-state index in [1.165, 1.54) is 32.1 Å². The second-order valence-electron chi connectivity index (χ2n) is 7.62. The fraction of sp³-hybridized carbons (Fsp3) is 0.684. The smallest absolute Gasteiger partial charge is 0.222 e. The van der Waals surface area contributed by atoms with Crippen molar-refractivity contribution in [3.8, 4) is 0 Å². The fourth-order valence-electron chi connectivity index (χ4n) is 4.69. The Hall–Kier alpha value is -1.58. The zero-order valence-corrected chi connectivity index (χ0v) is 13.9. The minimum Gasteiger partial charge on any atom is -0.356 e. The van der Waals surface area contributed by atoms with E-state index in [4.69, 9.17) is 0 Å². The van der Waals surface area contributed by atoms with E-state index in [0.717, 1.165) is 38.4 Å². The van der Waals surface area contributed by atoms with Gasteiger partial charge in [-0.3, -0.25) is 4.79 Å². The monoisotopic (exact) mass is 313 g/mol. The second kappa shape index (κ2) is 6.50. The maximum Gasteiger partial charge on any atom is 0.222 e. The third kappa shape index (κ3) is 3.22. The van der Waals surface area contributed by atoms with Crippen LogP contribution in [0, 0.1) is 17.8 Å². The second-order valence-corrected chi connectivity index (χ2v) is 7.62. The minimum atomic E-state index is 0.413. The lowest BCUT2D eigenvalue weighted by atomic mass is 9.87. The first-order chi connectivity index (χ1) is 11.3. The summed E-state index contributed by atoms with van der Waals surface area (Å²) in [6.07, 6.45) is 9.19. The Bertz CT molecular complexity index is 527. The van der Waals surface area contributed by atoms with Gasteiger partial charge in [-0.15, -0.1) is 0 Å². The Morgan fingerprint density at radius 1 is 1.04 bits per heavy atom. The van der Waals surface area contributed by atoms with Crippen molar-refractivity contribution < 1.29 is 4.79 Å². The summed E-state index contributed by atoms with van der Waals surface area (Å²) < 4.78 is 0. The molecule has 4 rings (SSSR count). The molecule has 0 N–H and O–H groups in total. The van der Waals surface area contributed by atoms with E-state index < -0.39 is 0 Å². The first kappa shape index (κ1) is 15.0. The summed E-state index contributed by atoms with van der Waals surface area (Å²) in [5.74, 6) is 3.42. The van der Waals surface area contributed by atoms with Gasteiger partial charge in [0.1, 0.15) is 5.82 Å². The SMILES string of the molecule is O=C(CC1CCCCC1)N1C[C@@H]2CN(c3ccccn3)C[C@@H]2C1.